The number of carbonyl (C=O) groups excluding carboxylic acids is 2. The summed E-state index contributed by atoms with van der Waals surface area (Å²) in [6.07, 6.45) is 15.6. The number of aromatic nitrogens is 2. The van der Waals surface area contributed by atoms with Crippen molar-refractivity contribution in [3.8, 4) is 0 Å². The molecule has 1 aromatic heterocycles. The molecule has 1 aromatic rings. The molecular formula is C21H32N4O2. The van der Waals surface area contributed by atoms with Crippen molar-refractivity contribution >= 4 is 17.5 Å². The van der Waals surface area contributed by atoms with Crippen molar-refractivity contribution in [3.05, 3.63) is 12.4 Å². The van der Waals surface area contributed by atoms with Crippen LogP contribution in [0.4, 0.5) is 5.69 Å². The van der Waals surface area contributed by atoms with Gasteiger partial charge in [0.25, 0.3) is 0 Å². The van der Waals surface area contributed by atoms with Gasteiger partial charge in [0.1, 0.15) is 0 Å². The lowest BCUT2D eigenvalue weighted by atomic mass is 9.82. The molecule has 1 N–H and O–H groups in total. The Labute approximate surface area is 161 Å². The van der Waals surface area contributed by atoms with Crippen molar-refractivity contribution in [1.29, 1.82) is 0 Å². The van der Waals surface area contributed by atoms with Gasteiger partial charge in [-0.3, -0.25) is 14.3 Å². The Balaban J connectivity index is 1.30. The van der Waals surface area contributed by atoms with Gasteiger partial charge in [0.05, 0.1) is 24.5 Å². The van der Waals surface area contributed by atoms with Gasteiger partial charge in [-0.1, -0.05) is 12.8 Å². The Morgan fingerprint density at radius 1 is 1.00 bits per heavy atom. The first-order chi connectivity index (χ1) is 13.2. The van der Waals surface area contributed by atoms with Crippen LogP contribution < -0.4 is 5.32 Å². The lowest BCUT2D eigenvalue weighted by Gasteiger charge is -2.37. The van der Waals surface area contributed by atoms with Gasteiger partial charge in [0, 0.05) is 25.6 Å². The molecule has 148 valence electrons. The summed E-state index contributed by atoms with van der Waals surface area (Å²) in [5.74, 6) is 1.60. The average Bonchev–Trinajstić information content (AvgIpc) is 3.01. The van der Waals surface area contributed by atoms with Crippen LogP contribution in [0.15, 0.2) is 12.4 Å². The molecule has 2 saturated carbocycles. The summed E-state index contributed by atoms with van der Waals surface area (Å²) < 4.78 is 1.89. The predicted octanol–water partition coefficient (Wildman–Crippen LogP) is 3.58. The summed E-state index contributed by atoms with van der Waals surface area (Å²) in [4.78, 5) is 26.9. The van der Waals surface area contributed by atoms with Crippen LogP contribution in [0.1, 0.15) is 70.6 Å². The minimum absolute atomic E-state index is 0.0919. The summed E-state index contributed by atoms with van der Waals surface area (Å²) in [6, 6.07) is 0.227. The number of rotatable bonds is 7. The van der Waals surface area contributed by atoms with E-state index in [1.807, 2.05) is 10.9 Å². The Bertz CT molecular complexity index is 663. The molecule has 1 atom stereocenters. The van der Waals surface area contributed by atoms with E-state index in [2.05, 4.69) is 15.3 Å². The molecule has 2 amide bonds. The van der Waals surface area contributed by atoms with Gasteiger partial charge in [-0.15, -0.1) is 0 Å². The highest BCUT2D eigenvalue weighted by atomic mass is 16.2. The van der Waals surface area contributed by atoms with E-state index in [9.17, 15) is 9.59 Å². The highest BCUT2D eigenvalue weighted by Crippen LogP contribution is 2.31. The summed E-state index contributed by atoms with van der Waals surface area (Å²) in [5, 5.41) is 7.39. The zero-order valence-electron chi connectivity index (χ0n) is 16.2. The van der Waals surface area contributed by atoms with Crippen LogP contribution in [0.25, 0.3) is 0 Å². The maximum absolute atomic E-state index is 12.7. The third-order valence-corrected chi connectivity index (χ3v) is 6.65. The number of piperidine rings is 1. The number of amides is 2. The van der Waals surface area contributed by atoms with Crippen LogP contribution in [0.2, 0.25) is 0 Å². The quantitative estimate of drug-likeness (QED) is 0.795. The number of nitrogens with zero attached hydrogens (tertiary/aromatic N) is 3. The molecule has 0 bridgehead atoms. The Morgan fingerprint density at radius 3 is 2.44 bits per heavy atom. The summed E-state index contributed by atoms with van der Waals surface area (Å²) in [5.41, 5.74) is 0.766. The molecule has 6 heteroatoms. The van der Waals surface area contributed by atoms with Crippen LogP contribution in [0.5, 0.6) is 0 Å². The first kappa shape index (κ1) is 18.5. The minimum Gasteiger partial charge on any atom is -0.338 e. The number of likely N-dealkylation sites (tertiary alicyclic amines) is 1. The maximum Gasteiger partial charge on any atom is 0.224 e. The molecular weight excluding hydrogens is 340 g/mol. The largest absolute Gasteiger partial charge is 0.338 e. The lowest BCUT2D eigenvalue weighted by Crippen LogP contribution is -2.46. The van der Waals surface area contributed by atoms with Gasteiger partial charge in [0.2, 0.25) is 11.8 Å². The van der Waals surface area contributed by atoms with Crippen LogP contribution in [0, 0.1) is 11.8 Å². The third kappa shape index (κ3) is 4.71. The molecule has 1 aliphatic heterocycles. The smallest absolute Gasteiger partial charge is 0.224 e. The topological polar surface area (TPSA) is 67.2 Å². The van der Waals surface area contributed by atoms with E-state index in [0.29, 0.717) is 24.2 Å². The van der Waals surface area contributed by atoms with Crippen molar-refractivity contribution in [2.45, 2.75) is 83.2 Å². The predicted molar refractivity (Wildman–Crippen MR) is 104 cm³/mol. The van der Waals surface area contributed by atoms with E-state index in [4.69, 9.17) is 0 Å². The highest BCUT2D eigenvalue weighted by Gasteiger charge is 2.30. The second kappa shape index (κ2) is 8.44. The van der Waals surface area contributed by atoms with Gasteiger partial charge < -0.3 is 10.2 Å². The molecule has 0 aromatic carbocycles. The minimum atomic E-state index is 0.0919. The van der Waals surface area contributed by atoms with Crippen LogP contribution >= 0.6 is 0 Å². The van der Waals surface area contributed by atoms with Gasteiger partial charge in [0.15, 0.2) is 0 Å². The molecule has 27 heavy (non-hydrogen) atoms. The molecule has 3 aliphatic rings. The van der Waals surface area contributed by atoms with E-state index in [-0.39, 0.29) is 11.9 Å². The Kier molecular flexibility index (Phi) is 5.79. The monoisotopic (exact) mass is 372 g/mol. The Morgan fingerprint density at radius 2 is 1.74 bits per heavy atom. The summed E-state index contributed by atoms with van der Waals surface area (Å²) >= 11 is 0. The first-order valence-corrected chi connectivity index (χ1v) is 10.8. The fraction of sp³-hybridized carbons (Fsp3) is 0.762. The maximum atomic E-state index is 12.7. The van der Waals surface area contributed by atoms with Crippen molar-refractivity contribution in [2.75, 3.05) is 11.9 Å². The second-order valence-electron chi connectivity index (χ2n) is 8.74. The number of carbonyl (C=O) groups is 2. The van der Waals surface area contributed by atoms with Gasteiger partial charge in [-0.2, -0.15) is 5.10 Å². The average molecular weight is 373 g/mol. The zero-order chi connectivity index (χ0) is 18.6. The highest BCUT2D eigenvalue weighted by molar-refractivity contribution is 5.90. The van der Waals surface area contributed by atoms with Crippen LogP contribution in [-0.4, -0.2) is 39.1 Å². The molecule has 2 heterocycles. The second-order valence-corrected chi connectivity index (χ2v) is 8.74. The van der Waals surface area contributed by atoms with Gasteiger partial charge >= 0.3 is 0 Å². The lowest BCUT2D eigenvalue weighted by molar-refractivity contribution is -0.137. The van der Waals surface area contributed by atoms with Crippen molar-refractivity contribution in [1.82, 2.24) is 14.7 Å². The van der Waals surface area contributed by atoms with Crippen molar-refractivity contribution < 1.29 is 9.59 Å². The fourth-order valence-corrected chi connectivity index (χ4v) is 4.49. The SMILES string of the molecule is O=C(CC1CCC1)Nc1cnn(CC2CCCCN2C(=O)CC2CCC2)c1. The molecule has 0 radical (unpaired) electrons. The molecule has 2 aliphatic carbocycles. The first-order valence-electron chi connectivity index (χ1n) is 10.8. The molecule has 3 fully saturated rings. The number of hydrogen-bond acceptors (Lipinski definition) is 3. The van der Waals surface area contributed by atoms with Crippen molar-refractivity contribution in [2.24, 2.45) is 11.8 Å². The van der Waals surface area contributed by atoms with Crippen LogP contribution in [-0.2, 0) is 16.1 Å². The van der Waals surface area contributed by atoms with Crippen molar-refractivity contribution in [3.63, 3.8) is 0 Å². The number of anilines is 1. The normalized spacial score (nSPS) is 23.6. The van der Waals surface area contributed by atoms with E-state index in [0.717, 1.165) is 38.0 Å². The van der Waals surface area contributed by atoms with E-state index >= 15 is 0 Å². The molecule has 4 rings (SSSR count). The standard InChI is InChI=1S/C21H32N4O2/c26-20(11-16-5-3-6-16)23-18-13-22-24(14-18)15-19-9-1-2-10-25(19)21(27)12-17-7-4-8-17/h13-14,16-17,19H,1-12,15H2,(H,23,26). The Hall–Kier alpha value is -1.85. The van der Waals surface area contributed by atoms with Gasteiger partial charge in [-0.25, -0.2) is 0 Å². The van der Waals surface area contributed by atoms with Crippen LogP contribution in [0.3, 0.4) is 0 Å². The molecule has 1 unspecified atom stereocenters. The zero-order valence-corrected chi connectivity index (χ0v) is 16.2. The summed E-state index contributed by atoms with van der Waals surface area (Å²) in [7, 11) is 0. The van der Waals surface area contributed by atoms with E-state index in [1.165, 1.54) is 44.9 Å². The summed E-state index contributed by atoms with van der Waals surface area (Å²) in [6.45, 7) is 1.59. The van der Waals surface area contributed by atoms with E-state index in [1.54, 1.807) is 6.20 Å². The number of nitrogens with one attached hydrogen (secondary N) is 1. The molecule has 1 saturated heterocycles. The fourth-order valence-electron chi connectivity index (χ4n) is 4.49. The number of hydrogen-bond donors (Lipinski definition) is 1. The molecule has 0 spiro atoms. The third-order valence-electron chi connectivity index (χ3n) is 6.65. The van der Waals surface area contributed by atoms with E-state index < -0.39 is 0 Å². The molecule has 6 nitrogen and oxygen atoms in total. The van der Waals surface area contributed by atoms with Gasteiger partial charge in [-0.05, 0) is 56.8 Å².